The highest BCUT2D eigenvalue weighted by Gasteiger charge is 2.39. The topological polar surface area (TPSA) is 66.9 Å². The molecule has 0 unspecified atom stereocenters. The zero-order valence-electron chi connectivity index (χ0n) is 12.2. The number of rotatable bonds is 4. The van der Waals surface area contributed by atoms with Crippen molar-refractivity contribution in [2.24, 2.45) is 0 Å². The normalized spacial score (nSPS) is 20.3. The van der Waals surface area contributed by atoms with Crippen molar-refractivity contribution in [3.05, 3.63) is 23.2 Å². The molecule has 2 aliphatic rings. The summed E-state index contributed by atoms with van der Waals surface area (Å²) in [6.07, 6.45) is 2.03. The summed E-state index contributed by atoms with van der Waals surface area (Å²) in [6, 6.07) is 4.73. The minimum atomic E-state index is -3.81. The van der Waals surface area contributed by atoms with Gasteiger partial charge >= 0.3 is 0 Å². The molecule has 1 aliphatic heterocycles. The Morgan fingerprint density at radius 2 is 2.00 bits per heavy atom. The van der Waals surface area contributed by atoms with E-state index in [-0.39, 0.29) is 23.1 Å². The van der Waals surface area contributed by atoms with E-state index in [0.29, 0.717) is 24.2 Å². The molecule has 0 atom stereocenters. The molecule has 6 nitrogen and oxygen atoms in total. The van der Waals surface area contributed by atoms with Crippen LogP contribution in [0.4, 0.5) is 0 Å². The van der Waals surface area contributed by atoms with E-state index >= 15 is 0 Å². The number of methoxy groups -OCH3 is 1. The zero-order chi connectivity index (χ0) is 15.9. The van der Waals surface area contributed by atoms with Crippen LogP contribution in [0.5, 0.6) is 5.75 Å². The number of hydrogen-bond acceptors (Lipinski definition) is 4. The van der Waals surface area contributed by atoms with Crippen LogP contribution < -0.4 is 4.74 Å². The fraction of sp³-hybridized carbons (Fsp3) is 0.500. The van der Waals surface area contributed by atoms with Gasteiger partial charge in [-0.05, 0) is 31.0 Å². The minimum Gasteiger partial charge on any atom is -0.495 e. The van der Waals surface area contributed by atoms with Crippen molar-refractivity contribution < 1.29 is 17.9 Å². The number of nitrogens with zero attached hydrogens (tertiary/aromatic N) is 2. The minimum absolute atomic E-state index is 0.00447. The fourth-order valence-corrected chi connectivity index (χ4v) is 4.43. The van der Waals surface area contributed by atoms with Gasteiger partial charge in [0, 0.05) is 24.2 Å². The number of sulfonamides is 1. The fourth-order valence-electron chi connectivity index (χ4n) is 2.63. The first-order valence-corrected chi connectivity index (χ1v) is 8.88. The van der Waals surface area contributed by atoms with Crippen molar-refractivity contribution >= 4 is 27.5 Å². The Hall–Kier alpha value is -1.31. The van der Waals surface area contributed by atoms with Crippen LogP contribution in [0.15, 0.2) is 23.1 Å². The molecule has 0 radical (unpaired) electrons. The summed E-state index contributed by atoms with van der Waals surface area (Å²) in [4.78, 5) is 13.9. The summed E-state index contributed by atoms with van der Waals surface area (Å²) in [7, 11) is -2.41. The number of halogens is 1. The van der Waals surface area contributed by atoms with Gasteiger partial charge in [0.15, 0.2) is 0 Å². The molecule has 0 aromatic heterocycles. The molecule has 22 heavy (non-hydrogen) atoms. The van der Waals surface area contributed by atoms with E-state index in [1.54, 1.807) is 11.0 Å². The number of benzene rings is 1. The van der Waals surface area contributed by atoms with Crippen LogP contribution in [-0.2, 0) is 14.8 Å². The van der Waals surface area contributed by atoms with E-state index in [9.17, 15) is 13.2 Å². The van der Waals surface area contributed by atoms with Crippen molar-refractivity contribution in [3.63, 3.8) is 0 Å². The molecule has 0 bridgehead atoms. The lowest BCUT2D eigenvalue weighted by molar-refractivity contribution is -0.134. The number of carbonyl (C=O) groups is 1. The molecule has 2 fully saturated rings. The number of carbonyl (C=O) groups excluding carboxylic acids is 1. The monoisotopic (exact) mass is 344 g/mol. The third-order valence-corrected chi connectivity index (χ3v) is 6.05. The molecule has 0 spiro atoms. The molecule has 1 aromatic carbocycles. The molecular weight excluding hydrogens is 328 g/mol. The predicted octanol–water partition coefficient (Wildman–Crippen LogP) is 1.34. The van der Waals surface area contributed by atoms with Gasteiger partial charge in [-0.15, -0.1) is 0 Å². The molecular formula is C14H17ClN2O4S. The Labute approximate surface area is 134 Å². The van der Waals surface area contributed by atoms with Gasteiger partial charge in [0.05, 0.1) is 13.7 Å². The van der Waals surface area contributed by atoms with Crippen LogP contribution >= 0.6 is 11.6 Å². The summed E-state index contributed by atoms with van der Waals surface area (Å²) in [6.45, 7) is 0.598. The third-order valence-electron chi connectivity index (χ3n) is 3.95. The lowest BCUT2D eigenvalue weighted by Gasteiger charge is -2.33. The molecule has 3 rings (SSSR count). The first-order chi connectivity index (χ1) is 10.4. The van der Waals surface area contributed by atoms with Gasteiger partial charge in [-0.25, -0.2) is 8.42 Å². The van der Waals surface area contributed by atoms with Gasteiger partial charge in [0.1, 0.15) is 10.6 Å². The molecule has 1 heterocycles. The maximum atomic E-state index is 12.8. The number of ether oxygens (including phenoxy) is 1. The Balaban J connectivity index is 1.87. The molecule has 1 amide bonds. The van der Waals surface area contributed by atoms with Crippen LogP contribution in [0.25, 0.3) is 0 Å². The van der Waals surface area contributed by atoms with E-state index in [0.717, 1.165) is 12.8 Å². The van der Waals surface area contributed by atoms with Crippen molar-refractivity contribution in [2.45, 2.75) is 23.8 Å². The number of amides is 1. The maximum Gasteiger partial charge on any atom is 0.247 e. The van der Waals surface area contributed by atoms with Gasteiger partial charge in [-0.1, -0.05) is 11.6 Å². The van der Waals surface area contributed by atoms with E-state index in [1.807, 2.05) is 0 Å². The summed E-state index contributed by atoms with van der Waals surface area (Å²) in [5.41, 5.74) is 0. The molecule has 1 aliphatic carbocycles. The van der Waals surface area contributed by atoms with Gasteiger partial charge in [-0.2, -0.15) is 4.31 Å². The third kappa shape index (κ3) is 2.80. The number of piperazine rings is 1. The van der Waals surface area contributed by atoms with Crippen molar-refractivity contribution in [3.8, 4) is 5.75 Å². The average molecular weight is 345 g/mol. The van der Waals surface area contributed by atoms with Gasteiger partial charge in [-0.3, -0.25) is 4.79 Å². The SMILES string of the molecule is COc1ccc(Cl)cc1S(=O)(=O)N1CCN(C2CC2)C(=O)C1. The van der Waals surface area contributed by atoms with Gasteiger partial charge < -0.3 is 9.64 Å². The van der Waals surface area contributed by atoms with Crippen molar-refractivity contribution in [1.29, 1.82) is 0 Å². The van der Waals surface area contributed by atoms with Crippen LogP contribution in [-0.4, -0.2) is 56.3 Å². The molecule has 120 valence electrons. The lowest BCUT2D eigenvalue weighted by Crippen LogP contribution is -2.52. The molecule has 1 aromatic rings. The van der Waals surface area contributed by atoms with Crippen LogP contribution in [0.1, 0.15) is 12.8 Å². The van der Waals surface area contributed by atoms with Crippen molar-refractivity contribution in [2.75, 3.05) is 26.7 Å². The Morgan fingerprint density at radius 3 is 2.59 bits per heavy atom. The zero-order valence-corrected chi connectivity index (χ0v) is 13.7. The first-order valence-electron chi connectivity index (χ1n) is 7.06. The number of hydrogen-bond donors (Lipinski definition) is 0. The standard InChI is InChI=1S/C14H17ClN2O4S/c1-21-12-5-2-10(15)8-13(12)22(19,20)16-6-7-17(11-3-4-11)14(18)9-16/h2,5,8,11H,3-4,6-7,9H2,1H3. The highest BCUT2D eigenvalue weighted by atomic mass is 35.5. The summed E-state index contributed by atoms with van der Waals surface area (Å²) in [5.74, 6) is 0.0831. The van der Waals surface area contributed by atoms with E-state index in [1.165, 1.54) is 23.5 Å². The second-order valence-corrected chi connectivity index (χ2v) is 7.79. The Morgan fingerprint density at radius 1 is 1.27 bits per heavy atom. The van der Waals surface area contributed by atoms with E-state index < -0.39 is 10.0 Å². The Bertz CT molecular complexity index is 703. The van der Waals surface area contributed by atoms with Crippen LogP contribution in [0, 0.1) is 0 Å². The van der Waals surface area contributed by atoms with Crippen LogP contribution in [0.2, 0.25) is 5.02 Å². The first kappa shape index (κ1) is 15.6. The molecule has 1 saturated carbocycles. The highest BCUT2D eigenvalue weighted by molar-refractivity contribution is 7.89. The van der Waals surface area contributed by atoms with Crippen LogP contribution in [0.3, 0.4) is 0 Å². The van der Waals surface area contributed by atoms with E-state index in [2.05, 4.69) is 0 Å². The second-order valence-electron chi connectivity index (χ2n) is 5.45. The Kier molecular flexibility index (Phi) is 4.05. The lowest BCUT2D eigenvalue weighted by atomic mass is 10.3. The summed E-state index contributed by atoms with van der Waals surface area (Å²) >= 11 is 5.91. The quantitative estimate of drug-likeness (QED) is 0.826. The van der Waals surface area contributed by atoms with Gasteiger partial charge in [0.25, 0.3) is 0 Å². The second kappa shape index (κ2) is 5.72. The summed E-state index contributed by atoms with van der Waals surface area (Å²) < 4.78 is 31.9. The molecule has 8 heteroatoms. The maximum absolute atomic E-state index is 12.8. The highest BCUT2D eigenvalue weighted by Crippen LogP contribution is 2.32. The van der Waals surface area contributed by atoms with E-state index in [4.69, 9.17) is 16.3 Å². The van der Waals surface area contributed by atoms with Crippen molar-refractivity contribution in [1.82, 2.24) is 9.21 Å². The smallest absolute Gasteiger partial charge is 0.247 e. The largest absolute Gasteiger partial charge is 0.495 e. The predicted molar refractivity (Wildman–Crippen MR) is 81.5 cm³/mol. The average Bonchev–Trinajstić information content (AvgIpc) is 3.31. The summed E-state index contributed by atoms with van der Waals surface area (Å²) in [5, 5.41) is 0.308. The van der Waals surface area contributed by atoms with Gasteiger partial charge in [0.2, 0.25) is 15.9 Å². The molecule has 0 N–H and O–H groups in total. The molecule has 1 saturated heterocycles.